The van der Waals surface area contributed by atoms with Crippen LogP contribution in [0.1, 0.15) is 6.42 Å². The van der Waals surface area contributed by atoms with Crippen LogP contribution in [-0.2, 0) is 28.7 Å². The monoisotopic (exact) mass is 498 g/mol. The molecular weight excluding hydrogens is 464 g/mol. The molecule has 0 aliphatic carbocycles. The Morgan fingerprint density at radius 2 is 1.47 bits per heavy atom. The summed E-state index contributed by atoms with van der Waals surface area (Å²) >= 11 is 0. The summed E-state index contributed by atoms with van der Waals surface area (Å²) in [7, 11) is 0. The van der Waals surface area contributed by atoms with Crippen molar-refractivity contribution in [3.63, 3.8) is 0 Å². The van der Waals surface area contributed by atoms with Crippen molar-refractivity contribution >= 4 is 23.9 Å². The fourth-order valence-corrected chi connectivity index (χ4v) is 3.23. The number of nitrogens with one attached hydrogen (secondary N) is 1. The van der Waals surface area contributed by atoms with Gasteiger partial charge in [0, 0.05) is 13.1 Å². The third-order valence-electron chi connectivity index (χ3n) is 4.79. The molecule has 0 aliphatic heterocycles. The summed E-state index contributed by atoms with van der Waals surface area (Å²) in [4.78, 5) is 46.5. The predicted molar refractivity (Wildman–Crippen MR) is 113 cm³/mol. The van der Waals surface area contributed by atoms with E-state index in [4.69, 9.17) is 31.2 Å². The molecule has 0 saturated carbocycles. The summed E-state index contributed by atoms with van der Waals surface area (Å²) in [5.41, 5.74) is 8.28. The maximum absolute atomic E-state index is 11.9. The first-order valence-corrected chi connectivity index (χ1v) is 10.2. The van der Waals surface area contributed by atoms with Crippen LogP contribution in [-0.4, -0.2) is 142 Å². The van der Waals surface area contributed by atoms with Crippen molar-refractivity contribution in [1.29, 1.82) is 0 Å². The van der Waals surface area contributed by atoms with Gasteiger partial charge in [0.2, 0.25) is 0 Å². The highest BCUT2D eigenvalue weighted by atomic mass is 16.5. The van der Waals surface area contributed by atoms with Gasteiger partial charge < -0.3 is 51.6 Å². The molecule has 0 aromatic carbocycles. The Balaban J connectivity index is 6.56. The van der Waals surface area contributed by atoms with Crippen LogP contribution >= 0.6 is 0 Å². The van der Waals surface area contributed by atoms with Crippen molar-refractivity contribution in [3.05, 3.63) is 0 Å². The Morgan fingerprint density at radius 1 is 0.912 bits per heavy atom. The molecule has 0 bridgehead atoms. The standard InChI is InChI=1S/C18H34N4O12/c19-1-3-33-8-12(21-6-15(26)27)18(32,10-23)13(9-34-4-2-20)22(7-16(28)29)11(17(30)31)5-14(24)25/h11-13,21,23,32H,1-10,19-20H2,(H,24,25)(H,26,27)(H,28,29)(H,30,31). The Bertz CT molecular complexity index is 667. The van der Waals surface area contributed by atoms with E-state index in [1.54, 1.807) is 0 Å². The molecule has 0 aliphatic rings. The number of aliphatic hydroxyl groups is 2. The molecule has 16 heteroatoms. The first-order chi connectivity index (χ1) is 15.9. The van der Waals surface area contributed by atoms with Gasteiger partial charge in [0.15, 0.2) is 0 Å². The maximum atomic E-state index is 11.9. The van der Waals surface area contributed by atoms with Crippen LogP contribution in [0.4, 0.5) is 0 Å². The molecule has 0 amide bonds. The van der Waals surface area contributed by atoms with E-state index in [9.17, 15) is 39.6 Å². The summed E-state index contributed by atoms with van der Waals surface area (Å²) in [6.45, 7) is -3.98. The van der Waals surface area contributed by atoms with Crippen molar-refractivity contribution in [2.24, 2.45) is 11.5 Å². The third-order valence-corrected chi connectivity index (χ3v) is 4.79. The van der Waals surface area contributed by atoms with Crippen LogP contribution in [0.25, 0.3) is 0 Å². The van der Waals surface area contributed by atoms with Gasteiger partial charge in [0.25, 0.3) is 0 Å². The topological polar surface area (TPSA) is 275 Å². The normalized spacial score (nSPS) is 15.9. The zero-order chi connectivity index (χ0) is 26.3. The maximum Gasteiger partial charge on any atom is 0.321 e. The minimum atomic E-state index is -2.47. The van der Waals surface area contributed by atoms with E-state index in [0.717, 1.165) is 0 Å². The van der Waals surface area contributed by atoms with Crippen LogP contribution < -0.4 is 16.8 Å². The first kappa shape index (κ1) is 31.6. The molecule has 34 heavy (non-hydrogen) atoms. The molecule has 0 spiro atoms. The van der Waals surface area contributed by atoms with E-state index in [2.05, 4.69) is 5.32 Å². The predicted octanol–water partition coefficient (Wildman–Crippen LogP) is -4.61. The highest BCUT2D eigenvalue weighted by Gasteiger charge is 2.50. The number of nitrogens with two attached hydrogens (primary N) is 2. The lowest BCUT2D eigenvalue weighted by Crippen LogP contribution is -2.70. The minimum Gasteiger partial charge on any atom is -0.481 e. The highest BCUT2D eigenvalue weighted by molar-refractivity contribution is 5.81. The number of ether oxygens (including phenoxy) is 2. The summed E-state index contributed by atoms with van der Waals surface area (Å²) in [5, 5.41) is 61.3. The lowest BCUT2D eigenvalue weighted by Gasteiger charge is -2.46. The zero-order valence-corrected chi connectivity index (χ0v) is 18.5. The van der Waals surface area contributed by atoms with E-state index in [-0.39, 0.29) is 26.3 Å². The number of hydrogen-bond acceptors (Lipinski definition) is 12. The Labute approximate surface area is 195 Å². The molecule has 0 rings (SSSR count). The van der Waals surface area contributed by atoms with Gasteiger partial charge in [-0.25, -0.2) is 0 Å². The van der Waals surface area contributed by atoms with E-state index >= 15 is 0 Å². The van der Waals surface area contributed by atoms with Crippen molar-refractivity contribution in [3.8, 4) is 0 Å². The van der Waals surface area contributed by atoms with Crippen molar-refractivity contribution in [1.82, 2.24) is 10.2 Å². The second-order valence-corrected chi connectivity index (χ2v) is 7.24. The fourth-order valence-electron chi connectivity index (χ4n) is 3.23. The molecule has 0 radical (unpaired) electrons. The molecule has 0 heterocycles. The average Bonchev–Trinajstić information content (AvgIpc) is 2.75. The molecule has 0 fully saturated rings. The van der Waals surface area contributed by atoms with Gasteiger partial charge in [-0.15, -0.1) is 0 Å². The van der Waals surface area contributed by atoms with Crippen LogP contribution in [0.3, 0.4) is 0 Å². The van der Waals surface area contributed by atoms with Gasteiger partial charge in [-0.1, -0.05) is 0 Å². The second-order valence-electron chi connectivity index (χ2n) is 7.24. The number of carboxylic acid groups (broad SMARTS) is 4. The van der Waals surface area contributed by atoms with Gasteiger partial charge in [0.1, 0.15) is 11.6 Å². The van der Waals surface area contributed by atoms with E-state index < -0.39 is 86.9 Å². The molecule has 0 saturated heterocycles. The highest BCUT2D eigenvalue weighted by Crippen LogP contribution is 2.25. The quantitative estimate of drug-likeness (QED) is 0.0673. The molecule has 4 unspecified atom stereocenters. The van der Waals surface area contributed by atoms with E-state index in [1.807, 2.05) is 0 Å². The van der Waals surface area contributed by atoms with Crippen molar-refractivity contribution in [2.45, 2.75) is 30.1 Å². The van der Waals surface area contributed by atoms with Crippen molar-refractivity contribution < 1.29 is 59.3 Å². The molecule has 16 nitrogen and oxygen atoms in total. The lowest BCUT2D eigenvalue weighted by molar-refractivity contribution is -0.170. The number of hydrogen-bond donors (Lipinski definition) is 9. The zero-order valence-electron chi connectivity index (χ0n) is 18.5. The van der Waals surface area contributed by atoms with Gasteiger partial charge in [-0.05, 0) is 0 Å². The summed E-state index contributed by atoms with van der Waals surface area (Å²) in [6, 6.07) is -5.01. The van der Waals surface area contributed by atoms with Crippen LogP contribution in [0.15, 0.2) is 0 Å². The summed E-state index contributed by atoms with van der Waals surface area (Å²) in [5.74, 6) is -6.17. The SMILES string of the molecule is NCCOCC(NCC(=O)O)C(O)(CO)C(COCCN)N(CC(=O)O)C(CC(=O)O)C(=O)O. The Kier molecular flexibility index (Phi) is 15.1. The van der Waals surface area contributed by atoms with Gasteiger partial charge in [-0.3, -0.25) is 29.4 Å². The molecular formula is C18H34N4O12. The molecule has 11 N–H and O–H groups in total. The van der Waals surface area contributed by atoms with Gasteiger partial charge in [-0.2, -0.15) is 0 Å². The largest absolute Gasteiger partial charge is 0.481 e. The van der Waals surface area contributed by atoms with Gasteiger partial charge >= 0.3 is 23.9 Å². The average molecular weight is 498 g/mol. The Morgan fingerprint density at radius 3 is 1.88 bits per heavy atom. The second kappa shape index (κ2) is 16.2. The smallest absolute Gasteiger partial charge is 0.321 e. The number of carbonyl (C=O) groups is 4. The molecule has 4 atom stereocenters. The summed E-state index contributed by atoms with van der Waals surface area (Å²) in [6.07, 6.45) is -1.05. The lowest BCUT2D eigenvalue weighted by atomic mass is 9.85. The Hall–Kier alpha value is -2.44. The number of aliphatic carboxylic acids is 4. The van der Waals surface area contributed by atoms with Crippen LogP contribution in [0.5, 0.6) is 0 Å². The third kappa shape index (κ3) is 10.7. The summed E-state index contributed by atoms with van der Waals surface area (Å²) < 4.78 is 10.6. The van der Waals surface area contributed by atoms with Gasteiger partial charge in [0.05, 0.1) is 64.6 Å². The van der Waals surface area contributed by atoms with E-state index in [0.29, 0.717) is 4.90 Å². The fraction of sp³-hybridized carbons (Fsp3) is 0.778. The molecule has 0 aromatic rings. The van der Waals surface area contributed by atoms with E-state index in [1.165, 1.54) is 0 Å². The number of rotatable bonds is 21. The molecule has 0 aromatic heterocycles. The number of carboxylic acids is 4. The first-order valence-electron chi connectivity index (χ1n) is 10.2. The number of aliphatic hydroxyl groups excluding tert-OH is 1. The molecule has 198 valence electrons. The number of nitrogens with zero attached hydrogens (tertiary/aromatic N) is 1. The van der Waals surface area contributed by atoms with Crippen molar-refractivity contribution in [2.75, 3.05) is 59.2 Å². The van der Waals surface area contributed by atoms with Crippen LogP contribution in [0, 0.1) is 0 Å². The van der Waals surface area contributed by atoms with Crippen LogP contribution in [0.2, 0.25) is 0 Å². The minimum absolute atomic E-state index is 0.000985.